The molecular formula is C20H20ClF3N4O4. The molecule has 0 fully saturated rings. The Labute approximate surface area is 186 Å². The lowest BCUT2D eigenvalue weighted by molar-refractivity contribution is -0.154. The predicted octanol–water partition coefficient (Wildman–Crippen LogP) is 2.90. The van der Waals surface area contributed by atoms with Crippen LogP contribution in [0.4, 0.5) is 13.2 Å². The molecule has 2 amide bonds. The van der Waals surface area contributed by atoms with Gasteiger partial charge in [0.2, 0.25) is 5.88 Å². The Hall–Kier alpha value is -2.92. The topological polar surface area (TPSA) is 105 Å². The van der Waals surface area contributed by atoms with Crippen molar-refractivity contribution < 1.29 is 32.6 Å². The van der Waals surface area contributed by atoms with Gasteiger partial charge < -0.3 is 20.1 Å². The minimum atomic E-state index is -4.53. The second-order valence-corrected chi connectivity index (χ2v) is 7.72. The minimum Gasteiger partial charge on any atom is -0.467 e. The summed E-state index contributed by atoms with van der Waals surface area (Å²) in [5.74, 6) is -1.22. The lowest BCUT2D eigenvalue weighted by Gasteiger charge is -2.25. The lowest BCUT2D eigenvalue weighted by Crippen LogP contribution is -2.36. The van der Waals surface area contributed by atoms with Gasteiger partial charge >= 0.3 is 6.18 Å². The minimum absolute atomic E-state index is 0.0814. The third-order valence-electron chi connectivity index (χ3n) is 4.89. The number of pyridine rings is 2. The number of nitrogens with zero attached hydrogens (tertiary/aromatic N) is 3. The number of ether oxygens (including phenoxy) is 1. The average molecular weight is 473 g/mol. The molecule has 12 heteroatoms. The number of aromatic nitrogens is 2. The van der Waals surface area contributed by atoms with Gasteiger partial charge in [-0.3, -0.25) is 14.6 Å². The van der Waals surface area contributed by atoms with Crippen LogP contribution in [0.25, 0.3) is 0 Å². The van der Waals surface area contributed by atoms with Gasteiger partial charge in [0.15, 0.2) is 6.61 Å². The number of carbonyl (C=O) groups excluding carboxylic acids is 2. The number of carbonyl (C=O) groups is 2. The van der Waals surface area contributed by atoms with E-state index in [9.17, 15) is 22.8 Å². The molecule has 1 aliphatic rings. The van der Waals surface area contributed by atoms with E-state index in [1.165, 1.54) is 29.4 Å². The summed E-state index contributed by atoms with van der Waals surface area (Å²) in [5.41, 5.74) is 1.32. The highest BCUT2D eigenvalue weighted by atomic mass is 35.5. The molecule has 2 N–H and O–H groups in total. The van der Waals surface area contributed by atoms with Crippen molar-refractivity contribution in [2.75, 3.05) is 13.2 Å². The quantitative estimate of drug-likeness (QED) is 0.642. The Morgan fingerprint density at radius 3 is 2.72 bits per heavy atom. The van der Waals surface area contributed by atoms with Crippen LogP contribution in [-0.2, 0) is 6.54 Å². The number of nitrogens with one attached hydrogen (secondary N) is 1. The molecule has 2 aromatic rings. The molecular weight excluding hydrogens is 453 g/mol. The molecule has 0 radical (unpaired) electrons. The Morgan fingerprint density at radius 1 is 1.38 bits per heavy atom. The lowest BCUT2D eigenvalue weighted by atomic mass is 10.1. The zero-order valence-electron chi connectivity index (χ0n) is 17.1. The van der Waals surface area contributed by atoms with Crippen molar-refractivity contribution in [3.8, 4) is 5.88 Å². The summed E-state index contributed by atoms with van der Waals surface area (Å²) >= 11 is 6.02. The number of aliphatic hydroxyl groups excluding tert-OH is 1. The van der Waals surface area contributed by atoms with Crippen molar-refractivity contribution in [1.82, 2.24) is 20.2 Å². The van der Waals surface area contributed by atoms with E-state index in [0.29, 0.717) is 16.7 Å². The van der Waals surface area contributed by atoms with Gasteiger partial charge in [-0.25, -0.2) is 4.98 Å². The molecule has 0 saturated heterocycles. The maximum atomic E-state index is 13.0. The van der Waals surface area contributed by atoms with E-state index in [4.69, 9.17) is 16.7 Å². The van der Waals surface area contributed by atoms with Crippen LogP contribution in [0.15, 0.2) is 24.5 Å². The molecule has 0 aromatic carbocycles. The van der Waals surface area contributed by atoms with Crippen molar-refractivity contribution in [3.05, 3.63) is 51.9 Å². The number of rotatable bonds is 7. The van der Waals surface area contributed by atoms with Crippen LogP contribution in [-0.4, -0.2) is 57.2 Å². The number of alkyl halides is 3. The van der Waals surface area contributed by atoms with Crippen molar-refractivity contribution in [1.29, 1.82) is 0 Å². The molecule has 2 atom stereocenters. The van der Waals surface area contributed by atoms with Gasteiger partial charge in [-0.2, -0.15) is 13.2 Å². The summed E-state index contributed by atoms with van der Waals surface area (Å²) in [5, 5.41) is 11.6. The molecule has 2 unspecified atom stereocenters. The number of halogens is 4. The molecule has 0 bridgehead atoms. The standard InChI is InChI=1S/C20H20ClF3N4O4/c1-10(8-29)27-17(30)16-14-7-28(19(31)13(14)3-4-25-16)11(2)12-5-15(21)18(26-6-12)32-9-20(22,23)24/h3-6,10-11,29H,7-9H2,1-2H3,(H,27,30). The third kappa shape index (κ3) is 5.10. The first-order chi connectivity index (χ1) is 15.0. The first-order valence-electron chi connectivity index (χ1n) is 9.57. The molecule has 0 aliphatic carbocycles. The van der Waals surface area contributed by atoms with Crippen LogP contribution in [0.5, 0.6) is 5.88 Å². The highest BCUT2D eigenvalue weighted by Gasteiger charge is 2.35. The third-order valence-corrected chi connectivity index (χ3v) is 5.16. The van der Waals surface area contributed by atoms with Gasteiger partial charge in [0, 0.05) is 36.1 Å². The molecule has 1 aliphatic heterocycles. The van der Waals surface area contributed by atoms with Crippen LogP contribution in [0, 0.1) is 0 Å². The van der Waals surface area contributed by atoms with Crippen molar-refractivity contribution in [2.45, 2.75) is 38.7 Å². The zero-order chi connectivity index (χ0) is 23.6. The fourth-order valence-corrected chi connectivity index (χ4v) is 3.43. The normalized spacial score (nSPS) is 15.3. The van der Waals surface area contributed by atoms with Crippen LogP contribution < -0.4 is 10.1 Å². The van der Waals surface area contributed by atoms with E-state index in [-0.39, 0.29) is 35.7 Å². The SMILES string of the molecule is CC(CO)NC(=O)c1nccc2c1CN(C(C)c1cnc(OCC(F)(F)F)c(Cl)c1)C2=O. The summed E-state index contributed by atoms with van der Waals surface area (Å²) < 4.78 is 41.7. The van der Waals surface area contributed by atoms with Crippen molar-refractivity contribution >= 4 is 23.4 Å². The van der Waals surface area contributed by atoms with E-state index in [1.807, 2.05) is 0 Å². The van der Waals surface area contributed by atoms with Crippen molar-refractivity contribution in [3.63, 3.8) is 0 Å². The number of aliphatic hydroxyl groups is 1. The monoisotopic (exact) mass is 472 g/mol. The Kier molecular flexibility index (Phi) is 6.89. The van der Waals surface area contributed by atoms with Gasteiger partial charge in [-0.1, -0.05) is 11.6 Å². The fourth-order valence-electron chi connectivity index (χ4n) is 3.20. The fraction of sp³-hybridized carbons (Fsp3) is 0.400. The number of hydrogen-bond acceptors (Lipinski definition) is 6. The maximum absolute atomic E-state index is 13.0. The van der Waals surface area contributed by atoms with Gasteiger partial charge in [-0.15, -0.1) is 0 Å². The number of amides is 2. The van der Waals surface area contributed by atoms with Gasteiger partial charge in [-0.05, 0) is 31.5 Å². The highest BCUT2D eigenvalue weighted by Crippen LogP contribution is 2.34. The molecule has 0 saturated carbocycles. The van der Waals surface area contributed by atoms with E-state index in [0.717, 1.165) is 0 Å². The van der Waals surface area contributed by atoms with E-state index >= 15 is 0 Å². The average Bonchev–Trinajstić information content (AvgIpc) is 3.08. The second kappa shape index (κ2) is 9.29. The predicted molar refractivity (Wildman–Crippen MR) is 107 cm³/mol. The molecule has 8 nitrogen and oxygen atoms in total. The first kappa shape index (κ1) is 23.7. The zero-order valence-corrected chi connectivity index (χ0v) is 17.9. The highest BCUT2D eigenvalue weighted by molar-refractivity contribution is 6.31. The number of hydrogen-bond donors (Lipinski definition) is 2. The first-order valence-corrected chi connectivity index (χ1v) is 9.95. The van der Waals surface area contributed by atoms with Gasteiger partial charge in [0.05, 0.1) is 12.6 Å². The summed E-state index contributed by atoms with van der Waals surface area (Å²) in [6.07, 6.45) is -1.89. The smallest absolute Gasteiger partial charge is 0.422 e. The molecule has 32 heavy (non-hydrogen) atoms. The Bertz CT molecular complexity index is 1030. The summed E-state index contributed by atoms with van der Waals surface area (Å²) in [6.45, 7) is 1.64. The summed E-state index contributed by atoms with van der Waals surface area (Å²) in [4.78, 5) is 34.9. The largest absolute Gasteiger partial charge is 0.467 e. The van der Waals surface area contributed by atoms with Gasteiger partial charge in [0.25, 0.3) is 11.8 Å². The Balaban J connectivity index is 1.80. The second-order valence-electron chi connectivity index (χ2n) is 7.31. The van der Waals surface area contributed by atoms with Gasteiger partial charge in [0.1, 0.15) is 10.7 Å². The van der Waals surface area contributed by atoms with Crippen molar-refractivity contribution in [2.24, 2.45) is 0 Å². The molecule has 2 aromatic heterocycles. The van der Waals surface area contributed by atoms with Crippen LogP contribution >= 0.6 is 11.6 Å². The maximum Gasteiger partial charge on any atom is 0.422 e. The number of fused-ring (bicyclic) bond motifs is 1. The summed E-state index contributed by atoms with van der Waals surface area (Å²) in [6, 6.07) is 1.86. The van der Waals surface area contributed by atoms with E-state index < -0.39 is 30.8 Å². The van der Waals surface area contributed by atoms with Crippen LogP contribution in [0.2, 0.25) is 5.02 Å². The van der Waals surface area contributed by atoms with E-state index in [1.54, 1.807) is 13.8 Å². The summed E-state index contributed by atoms with van der Waals surface area (Å²) in [7, 11) is 0. The molecule has 3 rings (SSSR count). The molecule has 3 heterocycles. The molecule has 172 valence electrons. The molecule has 0 spiro atoms. The van der Waals surface area contributed by atoms with E-state index in [2.05, 4.69) is 20.0 Å². The van der Waals surface area contributed by atoms with Crippen LogP contribution in [0.3, 0.4) is 0 Å². The van der Waals surface area contributed by atoms with Crippen LogP contribution in [0.1, 0.15) is 51.9 Å². The Morgan fingerprint density at radius 2 is 2.09 bits per heavy atom.